The maximum Gasteiger partial charge on any atom is 0.333 e. The molecule has 0 saturated heterocycles. The Labute approximate surface area is 105 Å². The van der Waals surface area contributed by atoms with Crippen LogP contribution < -0.4 is 5.32 Å². The van der Waals surface area contributed by atoms with E-state index in [4.69, 9.17) is 0 Å². The smallest absolute Gasteiger partial charge is 0.333 e. The number of rotatable bonds is 8. The van der Waals surface area contributed by atoms with Crippen LogP contribution in [0.2, 0.25) is 0 Å². The first-order chi connectivity index (χ1) is 8.02. The average molecular weight is 242 g/mol. The molecule has 1 atom stereocenters. The lowest BCUT2D eigenvalue weighted by Crippen LogP contribution is -2.35. The second-order valence-electron chi connectivity index (χ2n) is 4.32. The van der Waals surface area contributed by atoms with Crippen molar-refractivity contribution in [3.63, 3.8) is 0 Å². The molecule has 4 heteroatoms. The van der Waals surface area contributed by atoms with Crippen LogP contribution in [0.15, 0.2) is 11.6 Å². The number of hydrogen-bond donors (Lipinski definition) is 1. The molecule has 0 rings (SSSR count). The minimum atomic E-state index is -0.261. The van der Waals surface area contributed by atoms with Gasteiger partial charge in [-0.05, 0) is 27.3 Å². The van der Waals surface area contributed by atoms with Gasteiger partial charge >= 0.3 is 5.97 Å². The summed E-state index contributed by atoms with van der Waals surface area (Å²) < 4.78 is 4.61. The van der Waals surface area contributed by atoms with Crippen LogP contribution in [-0.4, -0.2) is 50.7 Å². The average Bonchev–Trinajstić information content (AvgIpc) is 2.35. The summed E-state index contributed by atoms with van der Waals surface area (Å²) in [5.41, 5.74) is 0.648. The third-order valence-corrected chi connectivity index (χ3v) is 3.04. The van der Waals surface area contributed by atoms with E-state index in [9.17, 15) is 4.79 Å². The molecule has 0 aromatic rings. The molecule has 0 aromatic heterocycles. The SMILES string of the molecule is CCC(C)N(C)CCNC/C=C(/C)C(=O)OC. The molecule has 0 radical (unpaired) electrons. The molecule has 1 N–H and O–H groups in total. The predicted molar refractivity (Wildman–Crippen MR) is 71.0 cm³/mol. The summed E-state index contributed by atoms with van der Waals surface area (Å²) in [7, 11) is 3.53. The van der Waals surface area contributed by atoms with Crippen molar-refractivity contribution in [2.75, 3.05) is 33.8 Å². The van der Waals surface area contributed by atoms with Gasteiger partial charge in [-0.25, -0.2) is 4.79 Å². The van der Waals surface area contributed by atoms with Crippen molar-refractivity contribution < 1.29 is 9.53 Å². The van der Waals surface area contributed by atoms with Gasteiger partial charge in [0.1, 0.15) is 0 Å². The van der Waals surface area contributed by atoms with Gasteiger partial charge in [0, 0.05) is 31.2 Å². The summed E-state index contributed by atoms with van der Waals surface area (Å²) in [6.07, 6.45) is 3.02. The summed E-state index contributed by atoms with van der Waals surface area (Å²) >= 11 is 0. The molecule has 1 unspecified atom stereocenters. The zero-order chi connectivity index (χ0) is 13.3. The Balaban J connectivity index is 3.69. The maximum absolute atomic E-state index is 11.1. The highest BCUT2D eigenvalue weighted by molar-refractivity contribution is 5.87. The van der Waals surface area contributed by atoms with Crippen molar-refractivity contribution in [1.29, 1.82) is 0 Å². The second kappa shape index (κ2) is 9.19. The van der Waals surface area contributed by atoms with Crippen molar-refractivity contribution >= 4 is 5.97 Å². The van der Waals surface area contributed by atoms with E-state index in [1.54, 1.807) is 6.92 Å². The van der Waals surface area contributed by atoms with E-state index in [-0.39, 0.29) is 5.97 Å². The number of likely N-dealkylation sites (N-methyl/N-ethyl adjacent to an activating group) is 1. The van der Waals surface area contributed by atoms with Gasteiger partial charge < -0.3 is 15.0 Å². The molecule has 0 aromatic carbocycles. The molecule has 0 aliphatic rings. The van der Waals surface area contributed by atoms with Crippen molar-refractivity contribution in [2.45, 2.75) is 33.2 Å². The third kappa shape index (κ3) is 7.13. The molecule has 0 amide bonds. The van der Waals surface area contributed by atoms with E-state index < -0.39 is 0 Å². The summed E-state index contributed by atoms with van der Waals surface area (Å²) in [4.78, 5) is 13.4. The van der Waals surface area contributed by atoms with Crippen LogP contribution in [-0.2, 0) is 9.53 Å². The molecule has 0 spiro atoms. The van der Waals surface area contributed by atoms with Crippen molar-refractivity contribution in [1.82, 2.24) is 10.2 Å². The molecule has 17 heavy (non-hydrogen) atoms. The number of methoxy groups -OCH3 is 1. The van der Waals surface area contributed by atoms with Crippen LogP contribution in [0.3, 0.4) is 0 Å². The summed E-state index contributed by atoms with van der Waals surface area (Å²) in [6, 6.07) is 0.615. The van der Waals surface area contributed by atoms with E-state index in [0.717, 1.165) is 19.5 Å². The molecular weight excluding hydrogens is 216 g/mol. The fourth-order valence-corrected chi connectivity index (χ4v) is 1.36. The normalized spacial score (nSPS) is 13.9. The van der Waals surface area contributed by atoms with E-state index in [0.29, 0.717) is 18.2 Å². The number of ether oxygens (including phenoxy) is 1. The van der Waals surface area contributed by atoms with E-state index in [1.165, 1.54) is 7.11 Å². The highest BCUT2D eigenvalue weighted by Crippen LogP contribution is 1.98. The van der Waals surface area contributed by atoms with Gasteiger partial charge in [-0.1, -0.05) is 13.0 Å². The van der Waals surface area contributed by atoms with Gasteiger partial charge in [0.15, 0.2) is 0 Å². The monoisotopic (exact) mass is 242 g/mol. The number of carbonyl (C=O) groups is 1. The van der Waals surface area contributed by atoms with Crippen LogP contribution in [0.4, 0.5) is 0 Å². The minimum absolute atomic E-state index is 0.261. The Morgan fingerprint density at radius 2 is 2.18 bits per heavy atom. The lowest BCUT2D eigenvalue weighted by molar-refractivity contribution is -0.136. The van der Waals surface area contributed by atoms with Gasteiger partial charge in [-0.2, -0.15) is 0 Å². The Morgan fingerprint density at radius 1 is 1.53 bits per heavy atom. The fraction of sp³-hybridized carbons (Fsp3) is 0.769. The van der Waals surface area contributed by atoms with Gasteiger partial charge in [0.25, 0.3) is 0 Å². The van der Waals surface area contributed by atoms with Crippen molar-refractivity contribution in [2.24, 2.45) is 0 Å². The Bertz CT molecular complexity index is 252. The second-order valence-corrected chi connectivity index (χ2v) is 4.32. The van der Waals surface area contributed by atoms with Gasteiger partial charge in [0.2, 0.25) is 0 Å². The largest absolute Gasteiger partial charge is 0.466 e. The number of nitrogens with one attached hydrogen (secondary N) is 1. The van der Waals surface area contributed by atoms with Crippen LogP contribution in [0, 0.1) is 0 Å². The summed E-state index contributed by atoms with van der Waals surface area (Å²) in [6.45, 7) is 8.82. The quantitative estimate of drug-likeness (QED) is 0.397. The lowest BCUT2D eigenvalue weighted by atomic mass is 10.2. The maximum atomic E-state index is 11.1. The topological polar surface area (TPSA) is 41.6 Å². The lowest BCUT2D eigenvalue weighted by Gasteiger charge is -2.23. The molecule has 0 bridgehead atoms. The van der Waals surface area contributed by atoms with Crippen LogP contribution in [0.5, 0.6) is 0 Å². The Hall–Kier alpha value is -0.870. The number of hydrogen-bond acceptors (Lipinski definition) is 4. The first kappa shape index (κ1) is 16.1. The molecule has 0 fully saturated rings. The fourth-order valence-electron chi connectivity index (χ4n) is 1.36. The van der Waals surface area contributed by atoms with Gasteiger partial charge in [-0.15, -0.1) is 0 Å². The summed E-state index contributed by atoms with van der Waals surface area (Å²) in [5.74, 6) is -0.261. The molecule has 0 aliphatic carbocycles. The van der Waals surface area contributed by atoms with E-state index in [2.05, 4.69) is 35.8 Å². The highest BCUT2D eigenvalue weighted by atomic mass is 16.5. The Morgan fingerprint density at radius 3 is 2.71 bits per heavy atom. The van der Waals surface area contributed by atoms with E-state index >= 15 is 0 Å². The van der Waals surface area contributed by atoms with Crippen LogP contribution >= 0.6 is 0 Å². The first-order valence-electron chi connectivity index (χ1n) is 6.18. The zero-order valence-corrected chi connectivity index (χ0v) is 11.7. The molecule has 4 nitrogen and oxygen atoms in total. The highest BCUT2D eigenvalue weighted by Gasteiger charge is 2.05. The zero-order valence-electron chi connectivity index (χ0n) is 11.7. The summed E-state index contributed by atoms with van der Waals surface area (Å²) in [5, 5.41) is 3.28. The molecule has 100 valence electrons. The van der Waals surface area contributed by atoms with Gasteiger partial charge in [0.05, 0.1) is 7.11 Å². The van der Waals surface area contributed by atoms with Crippen LogP contribution in [0.1, 0.15) is 27.2 Å². The van der Waals surface area contributed by atoms with Crippen molar-refractivity contribution in [3.8, 4) is 0 Å². The number of nitrogens with zero attached hydrogens (tertiary/aromatic N) is 1. The molecule has 0 heterocycles. The van der Waals surface area contributed by atoms with Crippen LogP contribution in [0.25, 0.3) is 0 Å². The van der Waals surface area contributed by atoms with Crippen molar-refractivity contribution in [3.05, 3.63) is 11.6 Å². The standard InChI is InChI=1S/C13H26N2O2/c1-6-12(3)15(4)10-9-14-8-7-11(2)13(16)17-5/h7,12,14H,6,8-10H2,1-5H3/b11-7-. The first-order valence-corrected chi connectivity index (χ1v) is 6.18. The molecule has 0 saturated carbocycles. The van der Waals surface area contributed by atoms with Gasteiger partial charge in [-0.3, -0.25) is 0 Å². The van der Waals surface area contributed by atoms with E-state index in [1.807, 2.05) is 6.08 Å². The number of carbonyl (C=O) groups excluding carboxylic acids is 1. The Kier molecular flexibility index (Phi) is 8.72. The predicted octanol–water partition coefficient (Wildman–Crippen LogP) is 1.43. The number of esters is 1. The molecular formula is C13H26N2O2. The minimum Gasteiger partial charge on any atom is -0.466 e. The third-order valence-electron chi connectivity index (χ3n) is 3.04. The molecule has 0 aliphatic heterocycles.